The van der Waals surface area contributed by atoms with Gasteiger partial charge in [0.2, 0.25) is 5.91 Å². The lowest BCUT2D eigenvalue weighted by atomic mass is 10.1. The number of thiazole rings is 1. The Morgan fingerprint density at radius 2 is 2.33 bits per heavy atom. The first-order valence-electron chi connectivity index (χ1n) is 7.87. The fourth-order valence-corrected chi connectivity index (χ4v) is 5.23. The number of carbonyl (C=O) groups excluding carboxylic acids is 1. The smallest absolute Gasteiger partial charge is 0.281 e. The van der Waals surface area contributed by atoms with Crippen molar-refractivity contribution < 1.29 is 17.6 Å². The molecule has 1 aromatic carbocycles. The van der Waals surface area contributed by atoms with E-state index in [9.17, 15) is 17.6 Å². The molecule has 0 radical (unpaired) electrons. The maximum atomic E-state index is 13.3. The van der Waals surface area contributed by atoms with E-state index in [4.69, 9.17) is 11.6 Å². The van der Waals surface area contributed by atoms with E-state index in [0.29, 0.717) is 5.01 Å². The van der Waals surface area contributed by atoms with Crippen molar-refractivity contribution in [2.45, 2.75) is 18.5 Å². The standard InChI is InChI=1S/C16H16ClFN4O3S2/c1-2-6-22-14(15(23)20-10-3-4-12(18)11(17)8-10)9-13(21-27(22,24)25)16-19-5-7-26-16/h2-5,7-8,13-14,21H,1,6,9H2,(H,20,23). The molecule has 27 heavy (non-hydrogen) atoms. The average molecular weight is 431 g/mol. The second-order valence-corrected chi connectivity index (χ2v) is 8.76. The van der Waals surface area contributed by atoms with Gasteiger partial charge >= 0.3 is 0 Å². The largest absolute Gasteiger partial charge is 0.325 e. The van der Waals surface area contributed by atoms with Crippen LogP contribution in [0.5, 0.6) is 0 Å². The third-order valence-corrected chi connectivity index (χ3v) is 6.74. The van der Waals surface area contributed by atoms with Crippen molar-refractivity contribution in [1.82, 2.24) is 14.0 Å². The molecule has 2 atom stereocenters. The molecule has 0 spiro atoms. The molecule has 2 unspecified atom stereocenters. The van der Waals surface area contributed by atoms with Crippen molar-refractivity contribution in [1.29, 1.82) is 0 Å². The van der Waals surface area contributed by atoms with Crippen molar-refractivity contribution >= 4 is 44.7 Å². The van der Waals surface area contributed by atoms with Gasteiger partial charge in [-0.15, -0.1) is 17.9 Å². The molecule has 0 saturated carbocycles. The van der Waals surface area contributed by atoms with Gasteiger partial charge in [0.05, 0.1) is 11.1 Å². The van der Waals surface area contributed by atoms with Crippen molar-refractivity contribution in [3.63, 3.8) is 0 Å². The van der Waals surface area contributed by atoms with E-state index in [1.54, 1.807) is 11.6 Å². The number of carbonyl (C=O) groups is 1. The van der Waals surface area contributed by atoms with E-state index in [-0.39, 0.29) is 23.7 Å². The number of aromatic nitrogens is 1. The average Bonchev–Trinajstić information content (AvgIpc) is 3.14. The highest BCUT2D eigenvalue weighted by atomic mass is 35.5. The van der Waals surface area contributed by atoms with Crippen LogP contribution < -0.4 is 10.0 Å². The van der Waals surface area contributed by atoms with Crippen molar-refractivity contribution in [2.24, 2.45) is 0 Å². The Labute approximate surface area is 165 Å². The summed E-state index contributed by atoms with van der Waals surface area (Å²) in [7, 11) is -3.93. The van der Waals surface area contributed by atoms with Crippen molar-refractivity contribution in [3.05, 3.63) is 58.3 Å². The van der Waals surface area contributed by atoms with E-state index < -0.39 is 34.0 Å². The Morgan fingerprint density at radius 1 is 1.56 bits per heavy atom. The fourth-order valence-electron chi connectivity index (χ4n) is 2.75. The van der Waals surface area contributed by atoms with Crippen LogP contribution in [0, 0.1) is 5.82 Å². The van der Waals surface area contributed by atoms with Crippen LogP contribution in [0.3, 0.4) is 0 Å². The number of hydrogen-bond acceptors (Lipinski definition) is 5. The highest BCUT2D eigenvalue weighted by Gasteiger charge is 2.43. The number of hydrogen-bond donors (Lipinski definition) is 2. The summed E-state index contributed by atoms with van der Waals surface area (Å²) in [6.45, 7) is 3.51. The fraction of sp³-hybridized carbons (Fsp3) is 0.250. The second kappa shape index (κ2) is 8.03. The Kier molecular flexibility index (Phi) is 5.92. The predicted molar refractivity (Wildman–Crippen MR) is 102 cm³/mol. The number of nitrogens with zero attached hydrogens (tertiary/aromatic N) is 2. The Morgan fingerprint density at radius 3 is 2.96 bits per heavy atom. The molecule has 7 nitrogen and oxygen atoms in total. The van der Waals surface area contributed by atoms with Crippen LogP contribution in [0.25, 0.3) is 0 Å². The third kappa shape index (κ3) is 4.36. The van der Waals surface area contributed by atoms with Crippen molar-refractivity contribution in [3.8, 4) is 0 Å². The zero-order valence-electron chi connectivity index (χ0n) is 13.9. The van der Waals surface area contributed by atoms with Crippen LogP contribution in [0.4, 0.5) is 10.1 Å². The van der Waals surface area contributed by atoms with Gasteiger partial charge in [-0.1, -0.05) is 17.7 Å². The predicted octanol–water partition coefficient (Wildman–Crippen LogP) is 2.71. The molecule has 2 aromatic rings. The van der Waals surface area contributed by atoms with Gasteiger partial charge in [-0.05, 0) is 24.6 Å². The zero-order valence-corrected chi connectivity index (χ0v) is 16.3. The lowest BCUT2D eigenvalue weighted by molar-refractivity contribution is -0.120. The molecule has 2 N–H and O–H groups in total. The Balaban J connectivity index is 1.88. The molecule has 144 valence electrons. The monoisotopic (exact) mass is 430 g/mol. The van der Waals surface area contributed by atoms with Gasteiger partial charge in [-0.3, -0.25) is 4.79 Å². The van der Waals surface area contributed by atoms with E-state index >= 15 is 0 Å². The second-order valence-electron chi connectivity index (χ2n) is 5.77. The van der Waals surface area contributed by atoms with Crippen LogP contribution in [0.15, 0.2) is 42.4 Å². The molecule has 3 rings (SSSR count). The number of halogens is 2. The first-order chi connectivity index (χ1) is 12.8. The van der Waals surface area contributed by atoms with Gasteiger partial charge in [-0.25, -0.2) is 9.37 Å². The Bertz CT molecular complexity index is 953. The van der Waals surface area contributed by atoms with E-state index in [2.05, 4.69) is 21.6 Å². The van der Waals surface area contributed by atoms with E-state index in [1.807, 2.05) is 0 Å². The maximum absolute atomic E-state index is 13.3. The van der Waals surface area contributed by atoms with Gasteiger partial charge in [0, 0.05) is 23.8 Å². The van der Waals surface area contributed by atoms with Crippen molar-refractivity contribution in [2.75, 3.05) is 11.9 Å². The van der Waals surface area contributed by atoms with Crippen LogP contribution >= 0.6 is 22.9 Å². The molecule has 1 amide bonds. The normalized spacial score (nSPS) is 22.3. The number of anilines is 1. The summed E-state index contributed by atoms with van der Waals surface area (Å²) in [6.07, 6.45) is 3.15. The highest BCUT2D eigenvalue weighted by molar-refractivity contribution is 7.87. The molecular weight excluding hydrogens is 415 g/mol. The molecule has 1 saturated heterocycles. The minimum absolute atomic E-state index is 0.0395. The molecule has 11 heteroatoms. The number of benzene rings is 1. The molecule has 2 heterocycles. The van der Waals surface area contributed by atoms with Crippen LogP contribution in [-0.2, 0) is 15.0 Å². The summed E-state index contributed by atoms with van der Waals surface area (Å²) in [5.41, 5.74) is 0.270. The van der Waals surface area contributed by atoms with Gasteiger partial charge in [0.15, 0.2) is 0 Å². The molecule has 1 aromatic heterocycles. The third-order valence-electron chi connectivity index (χ3n) is 3.95. The quantitative estimate of drug-likeness (QED) is 0.713. The molecule has 0 bridgehead atoms. The van der Waals surface area contributed by atoms with E-state index in [0.717, 1.165) is 10.4 Å². The zero-order chi connectivity index (χ0) is 19.6. The first-order valence-corrected chi connectivity index (χ1v) is 10.6. The molecule has 1 fully saturated rings. The van der Waals surface area contributed by atoms with Gasteiger partial charge in [0.1, 0.15) is 16.9 Å². The minimum Gasteiger partial charge on any atom is -0.325 e. The van der Waals surface area contributed by atoms with Gasteiger partial charge < -0.3 is 5.32 Å². The summed E-state index contributed by atoms with van der Waals surface area (Å²) in [4.78, 5) is 17.0. The van der Waals surface area contributed by atoms with Gasteiger partial charge in [-0.2, -0.15) is 17.4 Å². The molecule has 1 aliphatic rings. The SMILES string of the molecule is C=CCN1C(C(=O)Nc2ccc(F)c(Cl)c2)CC(c2nccs2)NS1(=O)=O. The molecular formula is C16H16ClFN4O3S2. The lowest BCUT2D eigenvalue weighted by Gasteiger charge is -2.37. The van der Waals surface area contributed by atoms with Crippen LogP contribution in [-0.4, -0.2) is 36.2 Å². The van der Waals surface area contributed by atoms with E-state index in [1.165, 1.54) is 29.5 Å². The van der Waals surface area contributed by atoms with Crippen LogP contribution in [0.1, 0.15) is 17.5 Å². The number of rotatable bonds is 5. The highest BCUT2D eigenvalue weighted by Crippen LogP contribution is 2.30. The molecule has 0 aliphatic carbocycles. The first kappa shape index (κ1) is 19.9. The summed E-state index contributed by atoms with van der Waals surface area (Å²) >= 11 is 7.03. The summed E-state index contributed by atoms with van der Waals surface area (Å²) in [6, 6.07) is 2.12. The lowest BCUT2D eigenvalue weighted by Crippen LogP contribution is -2.57. The van der Waals surface area contributed by atoms with Crippen LogP contribution in [0.2, 0.25) is 5.02 Å². The summed E-state index contributed by atoms with van der Waals surface area (Å²) in [5.74, 6) is -1.16. The minimum atomic E-state index is -3.93. The number of amides is 1. The topological polar surface area (TPSA) is 91.4 Å². The summed E-state index contributed by atoms with van der Waals surface area (Å²) in [5, 5.41) is 4.75. The number of nitrogens with one attached hydrogen (secondary N) is 2. The maximum Gasteiger partial charge on any atom is 0.281 e. The molecule has 1 aliphatic heterocycles. The summed E-state index contributed by atoms with van der Waals surface area (Å²) < 4.78 is 42.2. The van der Waals surface area contributed by atoms with Gasteiger partial charge in [0.25, 0.3) is 10.2 Å². The Hall–Kier alpha value is -1.85.